The molecule has 1 N–H and O–H groups in total. The maximum Gasteiger partial charge on any atom is 0.0841 e. The number of rotatable bonds is 6. The third-order valence-electron chi connectivity index (χ3n) is 3.69. The predicted molar refractivity (Wildman–Crippen MR) is 89.6 cm³/mol. The molecular weight excluding hydrogens is 278 g/mol. The Hall–Kier alpha value is -1.65. The molecule has 0 radical (unpaired) electrons. The van der Waals surface area contributed by atoms with E-state index < -0.39 is 0 Å². The number of hydrogen-bond donors (Lipinski definition) is 1. The molecule has 0 amide bonds. The van der Waals surface area contributed by atoms with E-state index in [4.69, 9.17) is 5.10 Å². The summed E-state index contributed by atoms with van der Waals surface area (Å²) in [4.78, 5) is 2.85. The van der Waals surface area contributed by atoms with Crippen LogP contribution >= 0.6 is 11.3 Å². The molecule has 110 valence electrons. The number of aromatic nitrogens is 2. The van der Waals surface area contributed by atoms with Crippen LogP contribution in [0.15, 0.2) is 36.4 Å². The van der Waals surface area contributed by atoms with Gasteiger partial charge in [0.1, 0.15) is 0 Å². The topological polar surface area (TPSA) is 29.9 Å². The first-order chi connectivity index (χ1) is 10.3. The van der Waals surface area contributed by atoms with E-state index in [1.807, 2.05) is 11.3 Å². The summed E-state index contributed by atoms with van der Waals surface area (Å²) in [6.07, 6.45) is 1.12. The summed E-state index contributed by atoms with van der Waals surface area (Å²) in [6.45, 7) is 6.97. The Morgan fingerprint density at radius 1 is 1.05 bits per heavy atom. The standard InChI is InChI=1S/C17H21N3S/c1-3-13-9-10-14(21-13)11-18-12-16-15-7-5-6-8-17(15)20(4-2)19-16/h5-10,18H,3-4,11-12H2,1-2H3. The molecule has 0 fully saturated rings. The molecule has 4 heteroatoms. The van der Waals surface area contributed by atoms with Crippen LogP contribution in [0.25, 0.3) is 10.9 Å². The maximum absolute atomic E-state index is 4.72. The van der Waals surface area contributed by atoms with Gasteiger partial charge in [-0.1, -0.05) is 25.1 Å². The average molecular weight is 299 g/mol. The second-order valence-electron chi connectivity index (χ2n) is 5.10. The third kappa shape index (κ3) is 3.01. The molecule has 2 heterocycles. The fraction of sp³-hybridized carbons (Fsp3) is 0.353. The van der Waals surface area contributed by atoms with Crippen LogP contribution in [0.3, 0.4) is 0 Å². The van der Waals surface area contributed by atoms with Gasteiger partial charge in [0.15, 0.2) is 0 Å². The van der Waals surface area contributed by atoms with Crippen molar-refractivity contribution in [1.82, 2.24) is 15.1 Å². The van der Waals surface area contributed by atoms with Gasteiger partial charge in [0.25, 0.3) is 0 Å². The molecule has 0 aliphatic rings. The number of fused-ring (bicyclic) bond motifs is 1. The molecule has 0 unspecified atom stereocenters. The average Bonchev–Trinajstić information content (AvgIpc) is 3.12. The van der Waals surface area contributed by atoms with Crippen molar-refractivity contribution in [3.63, 3.8) is 0 Å². The minimum absolute atomic E-state index is 0.812. The van der Waals surface area contributed by atoms with Gasteiger partial charge in [-0.3, -0.25) is 4.68 Å². The Kier molecular flexibility index (Phi) is 4.36. The highest BCUT2D eigenvalue weighted by Gasteiger charge is 2.08. The number of benzene rings is 1. The lowest BCUT2D eigenvalue weighted by molar-refractivity contribution is 0.634. The van der Waals surface area contributed by atoms with Crippen LogP contribution in [0.5, 0.6) is 0 Å². The van der Waals surface area contributed by atoms with E-state index in [0.29, 0.717) is 0 Å². The van der Waals surface area contributed by atoms with Crippen molar-refractivity contribution in [3.05, 3.63) is 51.8 Å². The number of para-hydroxylation sites is 1. The SMILES string of the molecule is CCc1ccc(CNCc2nn(CC)c3ccccc23)s1. The molecule has 3 nitrogen and oxygen atoms in total. The smallest absolute Gasteiger partial charge is 0.0841 e. The molecule has 0 saturated carbocycles. The van der Waals surface area contributed by atoms with Gasteiger partial charge in [-0.2, -0.15) is 5.10 Å². The maximum atomic E-state index is 4.72. The zero-order chi connectivity index (χ0) is 14.7. The van der Waals surface area contributed by atoms with Gasteiger partial charge in [0, 0.05) is 34.8 Å². The summed E-state index contributed by atoms with van der Waals surface area (Å²) in [5, 5.41) is 9.49. The van der Waals surface area contributed by atoms with Gasteiger partial charge >= 0.3 is 0 Å². The molecule has 0 bridgehead atoms. The van der Waals surface area contributed by atoms with Crippen molar-refractivity contribution < 1.29 is 0 Å². The van der Waals surface area contributed by atoms with Gasteiger partial charge in [-0.25, -0.2) is 0 Å². The van der Waals surface area contributed by atoms with Crippen LogP contribution in [0, 0.1) is 0 Å². The Balaban J connectivity index is 1.70. The molecule has 2 aromatic heterocycles. The summed E-state index contributed by atoms with van der Waals surface area (Å²) in [5.41, 5.74) is 2.36. The Morgan fingerprint density at radius 3 is 2.62 bits per heavy atom. The lowest BCUT2D eigenvalue weighted by Gasteiger charge is -2.01. The molecule has 3 aromatic rings. The van der Waals surface area contributed by atoms with Crippen molar-refractivity contribution in [2.24, 2.45) is 0 Å². The van der Waals surface area contributed by atoms with Gasteiger partial charge in [-0.15, -0.1) is 11.3 Å². The van der Waals surface area contributed by atoms with E-state index in [0.717, 1.165) is 31.7 Å². The van der Waals surface area contributed by atoms with Crippen LogP contribution < -0.4 is 5.32 Å². The van der Waals surface area contributed by atoms with Crippen molar-refractivity contribution in [3.8, 4) is 0 Å². The van der Waals surface area contributed by atoms with Crippen LogP contribution in [0.4, 0.5) is 0 Å². The lowest BCUT2D eigenvalue weighted by atomic mass is 10.2. The minimum Gasteiger partial charge on any atom is -0.306 e. The fourth-order valence-electron chi connectivity index (χ4n) is 2.58. The first kappa shape index (κ1) is 14.3. The normalized spacial score (nSPS) is 11.3. The minimum atomic E-state index is 0.812. The number of nitrogens with zero attached hydrogens (tertiary/aromatic N) is 2. The molecule has 0 spiro atoms. The lowest BCUT2D eigenvalue weighted by Crippen LogP contribution is -2.12. The first-order valence-corrected chi connectivity index (χ1v) is 8.36. The monoisotopic (exact) mass is 299 g/mol. The van der Waals surface area contributed by atoms with E-state index in [1.54, 1.807) is 0 Å². The molecule has 1 aromatic carbocycles. The third-order valence-corrected chi connectivity index (χ3v) is 4.92. The predicted octanol–water partition coefficient (Wildman–Crippen LogP) is 3.97. The molecule has 0 saturated heterocycles. The first-order valence-electron chi connectivity index (χ1n) is 7.54. The van der Waals surface area contributed by atoms with E-state index >= 15 is 0 Å². The second kappa shape index (κ2) is 6.41. The van der Waals surface area contributed by atoms with E-state index in [9.17, 15) is 0 Å². The Bertz CT molecular complexity index is 727. The van der Waals surface area contributed by atoms with Crippen molar-refractivity contribution in [2.75, 3.05) is 0 Å². The van der Waals surface area contributed by atoms with Crippen LogP contribution in [-0.2, 0) is 26.1 Å². The van der Waals surface area contributed by atoms with Crippen LogP contribution in [0.2, 0.25) is 0 Å². The summed E-state index contributed by atoms with van der Waals surface area (Å²) < 4.78 is 2.08. The zero-order valence-corrected chi connectivity index (χ0v) is 13.4. The van der Waals surface area contributed by atoms with Crippen molar-refractivity contribution in [2.45, 2.75) is 39.9 Å². The molecule has 3 rings (SSSR count). The molecule has 0 aliphatic carbocycles. The summed E-state index contributed by atoms with van der Waals surface area (Å²) in [7, 11) is 0. The van der Waals surface area contributed by atoms with E-state index in [1.165, 1.54) is 20.7 Å². The number of nitrogens with one attached hydrogen (secondary N) is 1. The summed E-state index contributed by atoms with van der Waals surface area (Å²) >= 11 is 1.89. The number of hydrogen-bond acceptors (Lipinski definition) is 3. The number of aryl methyl sites for hydroxylation is 2. The quantitative estimate of drug-likeness (QED) is 0.746. The Morgan fingerprint density at radius 2 is 1.86 bits per heavy atom. The molecule has 0 atom stereocenters. The van der Waals surface area contributed by atoms with Crippen LogP contribution in [0.1, 0.15) is 29.3 Å². The number of thiophene rings is 1. The van der Waals surface area contributed by atoms with E-state index in [2.05, 4.69) is 60.2 Å². The highest BCUT2D eigenvalue weighted by molar-refractivity contribution is 7.11. The zero-order valence-electron chi connectivity index (χ0n) is 12.6. The second-order valence-corrected chi connectivity index (χ2v) is 6.36. The van der Waals surface area contributed by atoms with Gasteiger partial charge in [0.05, 0.1) is 11.2 Å². The van der Waals surface area contributed by atoms with Crippen molar-refractivity contribution in [1.29, 1.82) is 0 Å². The fourth-order valence-corrected chi connectivity index (χ4v) is 3.51. The van der Waals surface area contributed by atoms with Gasteiger partial charge in [-0.05, 0) is 31.5 Å². The molecule has 21 heavy (non-hydrogen) atoms. The summed E-state index contributed by atoms with van der Waals surface area (Å²) in [5.74, 6) is 0. The largest absolute Gasteiger partial charge is 0.306 e. The van der Waals surface area contributed by atoms with Gasteiger partial charge < -0.3 is 5.32 Å². The Labute approximate surface area is 129 Å². The highest BCUT2D eigenvalue weighted by Crippen LogP contribution is 2.19. The van der Waals surface area contributed by atoms with Gasteiger partial charge in [0.2, 0.25) is 0 Å². The van der Waals surface area contributed by atoms with E-state index in [-0.39, 0.29) is 0 Å². The van der Waals surface area contributed by atoms with Crippen molar-refractivity contribution >= 4 is 22.2 Å². The molecular formula is C17H21N3S. The van der Waals surface area contributed by atoms with Crippen LogP contribution in [-0.4, -0.2) is 9.78 Å². The molecule has 0 aliphatic heterocycles. The highest BCUT2D eigenvalue weighted by atomic mass is 32.1. The summed E-state index contributed by atoms with van der Waals surface area (Å²) in [6, 6.07) is 12.9.